The van der Waals surface area contributed by atoms with Gasteiger partial charge in [-0.3, -0.25) is 9.59 Å². The second-order valence-corrected chi connectivity index (χ2v) is 9.95. The molecular formula is C20H26N2O4S. The van der Waals surface area contributed by atoms with Crippen molar-refractivity contribution >= 4 is 21.7 Å². The molecule has 0 aromatic heterocycles. The van der Waals surface area contributed by atoms with E-state index in [0.717, 1.165) is 5.56 Å². The van der Waals surface area contributed by atoms with Gasteiger partial charge in [0.1, 0.15) is 0 Å². The van der Waals surface area contributed by atoms with E-state index >= 15 is 0 Å². The minimum atomic E-state index is -3.12. The standard InChI is InChI=1S/C20H26N2O4S/c1-3-18(23)21-11-9-20(10-12-21,17-7-5-4-6-8-17)19(24)22-13-14-27(25,26)16(2)15-22/h3-8,16H,1,9-15H2,2H3/t16-/m0/s1. The Kier molecular flexibility index (Phi) is 5.42. The van der Waals surface area contributed by atoms with E-state index in [-0.39, 0.29) is 30.7 Å². The molecule has 0 saturated carbocycles. The highest BCUT2D eigenvalue weighted by atomic mass is 32.2. The van der Waals surface area contributed by atoms with E-state index in [1.165, 1.54) is 6.08 Å². The third-order valence-corrected chi connectivity index (χ3v) is 7.99. The summed E-state index contributed by atoms with van der Waals surface area (Å²) in [7, 11) is -3.12. The summed E-state index contributed by atoms with van der Waals surface area (Å²) in [6.45, 7) is 6.62. The molecule has 2 fully saturated rings. The summed E-state index contributed by atoms with van der Waals surface area (Å²) in [4.78, 5) is 28.9. The molecule has 2 aliphatic heterocycles. The highest BCUT2D eigenvalue weighted by Crippen LogP contribution is 2.38. The largest absolute Gasteiger partial charge is 0.340 e. The van der Waals surface area contributed by atoms with Crippen LogP contribution in [0.2, 0.25) is 0 Å². The normalized spacial score (nSPS) is 24.3. The van der Waals surface area contributed by atoms with Gasteiger partial charge in [-0.05, 0) is 31.4 Å². The highest BCUT2D eigenvalue weighted by Gasteiger charge is 2.47. The molecule has 2 amide bonds. The number of nitrogens with zero attached hydrogens (tertiary/aromatic N) is 2. The van der Waals surface area contributed by atoms with Gasteiger partial charge in [-0.1, -0.05) is 36.9 Å². The van der Waals surface area contributed by atoms with E-state index in [2.05, 4.69) is 6.58 Å². The quantitative estimate of drug-likeness (QED) is 0.731. The third-order valence-electron chi connectivity index (χ3n) is 5.86. The lowest BCUT2D eigenvalue weighted by Crippen LogP contribution is -2.57. The Morgan fingerprint density at radius 3 is 2.30 bits per heavy atom. The van der Waals surface area contributed by atoms with Crippen LogP contribution in [0.1, 0.15) is 25.3 Å². The minimum absolute atomic E-state index is 0.00580. The molecule has 3 rings (SSSR count). The second kappa shape index (κ2) is 7.46. The van der Waals surface area contributed by atoms with E-state index in [1.54, 1.807) is 16.7 Å². The van der Waals surface area contributed by atoms with Crippen LogP contribution in [0.3, 0.4) is 0 Å². The van der Waals surface area contributed by atoms with Crippen molar-refractivity contribution in [3.63, 3.8) is 0 Å². The van der Waals surface area contributed by atoms with Gasteiger partial charge in [0.2, 0.25) is 11.8 Å². The van der Waals surface area contributed by atoms with Crippen LogP contribution in [0.4, 0.5) is 0 Å². The predicted molar refractivity (Wildman–Crippen MR) is 104 cm³/mol. The Morgan fingerprint density at radius 2 is 1.74 bits per heavy atom. The molecule has 1 atom stereocenters. The number of carbonyl (C=O) groups excluding carboxylic acids is 2. The number of benzene rings is 1. The first-order chi connectivity index (χ1) is 12.8. The van der Waals surface area contributed by atoms with Crippen LogP contribution in [-0.4, -0.2) is 67.2 Å². The summed E-state index contributed by atoms with van der Waals surface area (Å²) < 4.78 is 24.1. The summed E-state index contributed by atoms with van der Waals surface area (Å²) in [5.41, 5.74) is 0.210. The minimum Gasteiger partial charge on any atom is -0.340 e. The summed E-state index contributed by atoms with van der Waals surface area (Å²) in [6, 6.07) is 9.64. The van der Waals surface area contributed by atoms with Crippen LogP contribution < -0.4 is 0 Å². The first kappa shape index (κ1) is 19.6. The van der Waals surface area contributed by atoms with Gasteiger partial charge in [0.25, 0.3) is 0 Å². The molecule has 2 aliphatic rings. The van der Waals surface area contributed by atoms with E-state index in [0.29, 0.717) is 25.9 Å². The zero-order valence-corrected chi connectivity index (χ0v) is 16.5. The molecular weight excluding hydrogens is 364 g/mol. The number of rotatable bonds is 3. The lowest BCUT2D eigenvalue weighted by atomic mass is 9.71. The molecule has 146 valence electrons. The average molecular weight is 391 g/mol. The fourth-order valence-corrected chi connectivity index (χ4v) is 5.35. The predicted octanol–water partition coefficient (Wildman–Crippen LogP) is 1.38. The molecule has 6 nitrogen and oxygen atoms in total. The van der Waals surface area contributed by atoms with Gasteiger partial charge >= 0.3 is 0 Å². The lowest BCUT2D eigenvalue weighted by Gasteiger charge is -2.44. The Labute approximate surface area is 160 Å². The molecule has 0 unspecified atom stereocenters. The maximum atomic E-state index is 13.6. The van der Waals surface area contributed by atoms with Crippen LogP contribution in [0.15, 0.2) is 43.0 Å². The Bertz CT molecular complexity index is 827. The fourth-order valence-electron chi connectivity index (χ4n) is 4.06. The summed E-state index contributed by atoms with van der Waals surface area (Å²) in [6.07, 6.45) is 2.34. The number of likely N-dealkylation sites (tertiary alicyclic amines) is 1. The van der Waals surface area contributed by atoms with Crippen molar-refractivity contribution in [3.05, 3.63) is 48.6 Å². The number of hydrogen-bond acceptors (Lipinski definition) is 4. The molecule has 2 saturated heterocycles. The number of amides is 2. The number of hydrogen-bond donors (Lipinski definition) is 0. The van der Waals surface area contributed by atoms with E-state index in [9.17, 15) is 18.0 Å². The van der Waals surface area contributed by atoms with Gasteiger partial charge in [0, 0.05) is 26.2 Å². The maximum absolute atomic E-state index is 13.6. The van der Waals surface area contributed by atoms with Crippen molar-refractivity contribution in [1.82, 2.24) is 9.80 Å². The third kappa shape index (κ3) is 3.65. The summed E-state index contributed by atoms with van der Waals surface area (Å²) in [5.74, 6) is -0.144. The second-order valence-electron chi connectivity index (χ2n) is 7.41. The molecule has 27 heavy (non-hydrogen) atoms. The number of piperidine rings is 1. The van der Waals surface area contributed by atoms with Crippen molar-refractivity contribution in [2.24, 2.45) is 0 Å². The Morgan fingerprint density at radius 1 is 1.11 bits per heavy atom. The number of sulfone groups is 1. The van der Waals surface area contributed by atoms with Crippen LogP contribution in [0.5, 0.6) is 0 Å². The molecule has 7 heteroatoms. The van der Waals surface area contributed by atoms with Gasteiger partial charge in [-0.15, -0.1) is 0 Å². The van der Waals surface area contributed by atoms with Crippen LogP contribution in [-0.2, 0) is 24.8 Å². The molecule has 0 spiro atoms. The van der Waals surface area contributed by atoms with E-state index in [1.807, 2.05) is 30.3 Å². The van der Waals surface area contributed by atoms with Gasteiger partial charge in [-0.25, -0.2) is 8.42 Å². The first-order valence-electron chi connectivity index (χ1n) is 9.28. The lowest BCUT2D eigenvalue weighted by molar-refractivity contribution is -0.141. The number of carbonyl (C=O) groups is 2. The van der Waals surface area contributed by atoms with Crippen molar-refractivity contribution in [1.29, 1.82) is 0 Å². The van der Waals surface area contributed by atoms with Gasteiger partial charge in [0.05, 0.1) is 16.4 Å². The molecule has 2 heterocycles. The van der Waals surface area contributed by atoms with Crippen molar-refractivity contribution in [2.75, 3.05) is 31.9 Å². The van der Waals surface area contributed by atoms with E-state index in [4.69, 9.17) is 0 Å². The van der Waals surface area contributed by atoms with E-state index < -0.39 is 20.5 Å². The first-order valence-corrected chi connectivity index (χ1v) is 11.0. The van der Waals surface area contributed by atoms with Crippen molar-refractivity contribution < 1.29 is 18.0 Å². The summed E-state index contributed by atoms with van der Waals surface area (Å²) in [5, 5.41) is -0.551. The fraction of sp³-hybridized carbons (Fsp3) is 0.500. The molecule has 0 N–H and O–H groups in total. The molecule has 1 aromatic carbocycles. The average Bonchev–Trinajstić information content (AvgIpc) is 2.69. The van der Waals surface area contributed by atoms with Crippen LogP contribution >= 0.6 is 0 Å². The zero-order valence-electron chi connectivity index (χ0n) is 15.6. The highest BCUT2D eigenvalue weighted by molar-refractivity contribution is 7.92. The molecule has 1 aromatic rings. The monoisotopic (exact) mass is 390 g/mol. The molecule has 0 radical (unpaired) electrons. The van der Waals surface area contributed by atoms with Crippen LogP contribution in [0, 0.1) is 0 Å². The topological polar surface area (TPSA) is 74.8 Å². The van der Waals surface area contributed by atoms with Gasteiger partial charge < -0.3 is 9.80 Å². The Hall–Kier alpha value is -2.15. The van der Waals surface area contributed by atoms with Gasteiger partial charge in [0.15, 0.2) is 9.84 Å². The summed E-state index contributed by atoms with van der Waals surface area (Å²) >= 11 is 0. The van der Waals surface area contributed by atoms with Crippen molar-refractivity contribution in [2.45, 2.75) is 30.4 Å². The van der Waals surface area contributed by atoms with Gasteiger partial charge in [-0.2, -0.15) is 0 Å². The van der Waals surface area contributed by atoms with Crippen molar-refractivity contribution in [3.8, 4) is 0 Å². The Balaban J connectivity index is 1.89. The zero-order chi connectivity index (χ0) is 19.7. The smallest absolute Gasteiger partial charge is 0.245 e. The van der Waals surface area contributed by atoms with Crippen LogP contribution in [0.25, 0.3) is 0 Å². The maximum Gasteiger partial charge on any atom is 0.245 e. The SMILES string of the molecule is C=CC(=O)N1CCC(C(=O)N2CCS(=O)(=O)[C@@H](C)C2)(c2ccccc2)CC1. The molecule has 0 bridgehead atoms. The molecule has 0 aliphatic carbocycles.